The average molecular weight is 307 g/mol. The van der Waals surface area contributed by atoms with Gasteiger partial charge in [-0.15, -0.1) is 0 Å². The van der Waals surface area contributed by atoms with Gasteiger partial charge in [0.25, 0.3) is 0 Å². The van der Waals surface area contributed by atoms with Crippen molar-refractivity contribution in [3.8, 4) is 0 Å². The van der Waals surface area contributed by atoms with Crippen LogP contribution >= 0.6 is 0 Å². The van der Waals surface area contributed by atoms with Crippen molar-refractivity contribution in [2.24, 2.45) is 35.5 Å². The number of allylic oxidation sites excluding steroid dienone is 2. The van der Waals surface area contributed by atoms with E-state index in [2.05, 4.69) is 12.2 Å². The van der Waals surface area contributed by atoms with E-state index < -0.39 is 0 Å². The lowest BCUT2D eigenvalue weighted by Crippen LogP contribution is -2.40. The number of Topliss-reactive ketones (excluding diaryl/α,β-unsaturated/α-hetero) is 1. The van der Waals surface area contributed by atoms with Crippen LogP contribution in [-0.4, -0.2) is 17.6 Å². The maximum absolute atomic E-state index is 13.0. The van der Waals surface area contributed by atoms with Crippen molar-refractivity contribution in [2.75, 3.05) is 4.90 Å². The molecule has 1 aliphatic heterocycles. The van der Waals surface area contributed by atoms with Gasteiger partial charge in [-0.05, 0) is 49.1 Å². The van der Waals surface area contributed by atoms with Gasteiger partial charge in [-0.3, -0.25) is 14.4 Å². The lowest BCUT2D eigenvalue weighted by molar-refractivity contribution is -0.124. The zero-order chi connectivity index (χ0) is 15.9. The van der Waals surface area contributed by atoms with E-state index >= 15 is 0 Å². The Bertz CT molecular complexity index is 760. The zero-order valence-electron chi connectivity index (χ0n) is 12.8. The maximum Gasteiger partial charge on any atom is 0.238 e. The molecule has 0 unspecified atom stereocenters. The molecule has 2 bridgehead atoms. The van der Waals surface area contributed by atoms with Gasteiger partial charge in [-0.2, -0.15) is 0 Å². The lowest BCUT2D eigenvalue weighted by Gasteiger charge is -2.37. The van der Waals surface area contributed by atoms with Gasteiger partial charge in [0.2, 0.25) is 11.8 Å². The molecule has 6 rings (SSSR count). The summed E-state index contributed by atoms with van der Waals surface area (Å²) in [4.78, 5) is 38.9. The molecule has 4 nitrogen and oxygen atoms in total. The second-order valence-electron chi connectivity index (χ2n) is 7.27. The predicted octanol–water partition coefficient (Wildman–Crippen LogP) is 2.45. The lowest BCUT2D eigenvalue weighted by atomic mass is 9.63. The van der Waals surface area contributed by atoms with E-state index in [0.717, 1.165) is 6.42 Å². The number of anilines is 1. The van der Waals surface area contributed by atoms with E-state index in [1.54, 1.807) is 24.3 Å². The topological polar surface area (TPSA) is 54.5 Å². The summed E-state index contributed by atoms with van der Waals surface area (Å²) in [5.74, 6) is 1.06. The summed E-state index contributed by atoms with van der Waals surface area (Å²) in [6.07, 6.45) is 5.50. The predicted molar refractivity (Wildman–Crippen MR) is 83.6 cm³/mol. The minimum atomic E-state index is -0.192. The molecule has 2 amide bonds. The Kier molecular flexibility index (Phi) is 2.41. The molecule has 4 aliphatic carbocycles. The Hall–Kier alpha value is -2.23. The highest BCUT2D eigenvalue weighted by Gasteiger charge is 2.67. The van der Waals surface area contributed by atoms with Crippen LogP contribution in [0.3, 0.4) is 0 Å². The van der Waals surface area contributed by atoms with E-state index in [-0.39, 0.29) is 41.3 Å². The Morgan fingerprint density at radius 3 is 2.22 bits per heavy atom. The average Bonchev–Trinajstić information content (AvgIpc) is 3.32. The highest BCUT2D eigenvalue weighted by Crippen LogP contribution is 2.65. The molecule has 2 saturated carbocycles. The van der Waals surface area contributed by atoms with Gasteiger partial charge in [0.1, 0.15) is 0 Å². The summed E-state index contributed by atoms with van der Waals surface area (Å²) in [7, 11) is 0. The van der Waals surface area contributed by atoms with Gasteiger partial charge in [0.05, 0.1) is 17.5 Å². The number of imide groups is 1. The summed E-state index contributed by atoms with van der Waals surface area (Å²) in [6.45, 7) is 1.49. The molecular formula is C19H17NO3. The highest BCUT2D eigenvalue weighted by molar-refractivity contribution is 6.23. The molecule has 3 fully saturated rings. The van der Waals surface area contributed by atoms with Gasteiger partial charge >= 0.3 is 0 Å². The van der Waals surface area contributed by atoms with Crippen LogP contribution in [-0.2, 0) is 9.59 Å². The molecule has 0 radical (unpaired) electrons. The summed E-state index contributed by atoms with van der Waals surface area (Å²) in [5.41, 5.74) is 1.07. The molecule has 0 N–H and O–H groups in total. The maximum atomic E-state index is 13.0. The van der Waals surface area contributed by atoms with Crippen molar-refractivity contribution in [3.63, 3.8) is 0 Å². The van der Waals surface area contributed by atoms with Crippen molar-refractivity contribution in [1.82, 2.24) is 0 Å². The van der Waals surface area contributed by atoms with Crippen LogP contribution in [0, 0.1) is 35.5 Å². The molecule has 1 aromatic rings. The van der Waals surface area contributed by atoms with Crippen molar-refractivity contribution in [1.29, 1.82) is 0 Å². The van der Waals surface area contributed by atoms with Gasteiger partial charge < -0.3 is 0 Å². The molecule has 23 heavy (non-hydrogen) atoms. The highest BCUT2D eigenvalue weighted by atomic mass is 16.2. The Balaban J connectivity index is 1.57. The Labute approximate surface area is 134 Å². The standard InChI is InChI=1S/C19H17NO3/c1-9(21)10-3-2-4-11(7-10)20-18(22)16-12-5-6-13(15-8-14(12)15)17(16)19(20)23/h2-7,12-17H,8H2,1H3/t12-,13-,14-,15-,16+,17+/m0/s1. The second-order valence-corrected chi connectivity index (χ2v) is 7.27. The van der Waals surface area contributed by atoms with Gasteiger partial charge in [-0.1, -0.05) is 24.3 Å². The van der Waals surface area contributed by atoms with E-state index in [1.165, 1.54) is 11.8 Å². The largest absolute Gasteiger partial charge is 0.295 e. The molecule has 116 valence electrons. The second kappa shape index (κ2) is 4.19. The number of benzene rings is 1. The first kappa shape index (κ1) is 13.2. The smallest absolute Gasteiger partial charge is 0.238 e. The minimum Gasteiger partial charge on any atom is -0.295 e. The summed E-state index contributed by atoms with van der Waals surface area (Å²) in [5, 5.41) is 0. The van der Waals surface area contributed by atoms with Crippen LogP contribution in [0.15, 0.2) is 36.4 Å². The number of hydrogen-bond acceptors (Lipinski definition) is 3. The third kappa shape index (κ3) is 1.58. The van der Waals surface area contributed by atoms with Gasteiger partial charge in [0, 0.05) is 5.56 Å². The number of carbonyl (C=O) groups excluding carboxylic acids is 3. The number of ketones is 1. The first-order chi connectivity index (χ1) is 11.1. The Morgan fingerprint density at radius 2 is 1.65 bits per heavy atom. The van der Waals surface area contributed by atoms with Crippen molar-refractivity contribution in [2.45, 2.75) is 13.3 Å². The van der Waals surface area contributed by atoms with Crippen LogP contribution in [0.2, 0.25) is 0 Å². The summed E-state index contributed by atoms with van der Waals surface area (Å²) >= 11 is 0. The molecule has 5 aliphatic rings. The minimum absolute atomic E-state index is 0.0636. The molecule has 0 aromatic heterocycles. The molecule has 1 saturated heterocycles. The van der Waals surface area contributed by atoms with E-state index in [1.807, 2.05) is 0 Å². The Morgan fingerprint density at radius 1 is 1.04 bits per heavy atom. The van der Waals surface area contributed by atoms with Crippen LogP contribution in [0.4, 0.5) is 5.69 Å². The third-order valence-corrected chi connectivity index (χ3v) is 6.17. The number of amides is 2. The fraction of sp³-hybridized carbons (Fsp3) is 0.421. The normalized spacial score (nSPS) is 39.4. The zero-order valence-corrected chi connectivity index (χ0v) is 12.8. The third-order valence-electron chi connectivity index (χ3n) is 6.17. The molecule has 6 atom stereocenters. The monoisotopic (exact) mass is 307 g/mol. The first-order valence-corrected chi connectivity index (χ1v) is 8.25. The van der Waals surface area contributed by atoms with Crippen LogP contribution < -0.4 is 4.90 Å². The fourth-order valence-corrected chi connectivity index (χ4v) is 5.08. The van der Waals surface area contributed by atoms with Crippen molar-refractivity contribution < 1.29 is 14.4 Å². The van der Waals surface area contributed by atoms with Crippen LogP contribution in [0.1, 0.15) is 23.7 Å². The summed E-state index contributed by atoms with van der Waals surface area (Å²) in [6, 6.07) is 6.85. The van der Waals surface area contributed by atoms with Gasteiger partial charge in [-0.25, -0.2) is 4.90 Å². The quantitative estimate of drug-likeness (QED) is 0.479. The molecular weight excluding hydrogens is 290 g/mol. The van der Waals surface area contributed by atoms with E-state index in [0.29, 0.717) is 23.1 Å². The molecule has 1 aromatic carbocycles. The van der Waals surface area contributed by atoms with Crippen molar-refractivity contribution in [3.05, 3.63) is 42.0 Å². The number of nitrogens with zero attached hydrogens (tertiary/aromatic N) is 1. The first-order valence-electron chi connectivity index (χ1n) is 8.25. The van der Waals surface area contributed by atoms with Crippen LogP contribution in [0.5, 0.6) is 0 Å². The number of carbonyl (C=O) groups is 3. The van der Waals surface area contributed by atoms with E-state index in [9.17, 15) is 14.4 Å². The molecule has 4 heteroatoms. The number of hydrogen-bond donors (Lipinski definition) is 0. The number of rotatable bonds is 2. The molecule has 0 spiro atoms. The van der Waals surface area contributed by atoms with E-state index in [4.69, 9.17) is 0 Å². The fourth-order valence-electron chi connectivity index (χ4n) is 5.08. The van der Waals surface area contributed by atoms with Gasteiger partial charge in [0.15, 0.2) is 5.78 Å². The molecule has 1 heterocycles. The SMILES string of the molecule is CC(=O)c1cccc(N2C(=O)[C@@H]3[C@H]4C=C[C@@H]([C@@H]5C[C@@H]45)[C@H]3C2=O)c1. The van der Waals surface area contributed by atoms with Crippen LogP contribution in [0.25, 0.3) is 0 Å². The summed E-state index contributed by atoms with van der Waals surface area (Å²) < 4.78 is 0. The van der Waals surface area contributed by atoms with Crippen molar-refractivity contribution >= 4 is 23.3 Å².